The topological polar surface area (TPSA) is 56.8 Å². The van der Waals surface area contributed by atoms with Crippen molar-refractivity contribution < 1.29 is 4.74 Å². The highest BCUT2D eigenvalue weighted by Crippen LogP contribution is 2.41. The molecule has 6 aromatic rings. The number of aliphatic imine (C=N–C) groups is 1. The van der Waals surface area contributed by atoms with Gasteiger partial charge in [0.05, 0.1) is 35.2 Å². The lowest BCUT2D eigenvalue weighted by molar-refractivity contribution is 0.415. The Morgan fingerprint density at radius 1 is 0.641 bits per heavy atom. The summed E-state index contributed by atoms with van der Waals surface area (Å²) >= 11 is 0. The van der Waals surface area contributed by atoms with Crippen LogP contribution in [0.4, 0.5) is 17.1 Å². The molecule has 39 heavy (non-hydrogen) atoms. The molecule has 1 radical (unpaired) electrons. The van der Waals surface area contributed by atoms with Crippen LogP contribution in [0.15, 0.2) is 132 Å². The minimum Gasteiger partial charge on any atom is -0.497 e. The molecule has 2 heterocycles. The molecular weight excluding hydrogens is 482 g/mol. The Balaban J connectivity index is 1.49. The predicted octanol–water partition coefficient (Wildman–Crippen LogP) is 7.45. The van der Waals surface area contributed by atoms with Crippen LogP contribution < -0.4 is 15.2 Å². The van der Waals surface area contributed by atoms with Gasteiger partial charge in [0.25, 0.3) is 0 Å². The van der Waals surface area contributed by atoms with Crippen LogP contribution in [0.2, 0.25) is 0 Å². The number of methoxy groups -OCH3 is 1. The van der Waals surface area contributed by atoms with E-state index in [1.165, 1.54) is 0 Å². The van der Waals surface area contributed by atoms with Crippen molar-refractivity contribution in [1.29, 1.82) is 0 Å². The number of anilines is 2. The Bertz CT molecular complexity index is 1790. The number of imidazole rings is 1. The number of amidine groups is 1. The van der Waals surface area contributed by atoms with Crippen molar-refractivity contribution in [3.8, 4) is 22.8 Å². The zero-order valence-electron chi connectivity index (χ0n) is 21.3. The van der Waals surface area contributed by atoms with Gasteiger partial charge < -0.3 is 4.74 Å². The minimum atomic E-state index is 0.657. The first-order valence-corrected chi connectivity index (χ1v) is 12.8. The van der Waals surface area contributed by atoms with E-state index in [9.17, 15) is 0 Å². The highest BCUT2D eigenvalue weighted by Gasteiger charge is 2.26. The molecule has 0 fully saturated rings. The van der Waals surface area contributed by atoms with Crippen molar-refractivity contribution in [3.05, 3.63) is 133 Å². The van der Waals surface area contributed by atoms with Crippen LogP contribution >= 0.6 is 0 Å². The second kappa shape index (κ2) is 9.50. The molecule has 1 aliphatic heterocycles. The average Bonchev–Trinajstić information content (AvgIpc) is 3.39. The summed E-state index contributed by atoms with van der Waals surface area (Å²) in [5.41, 5.74) is 12.5. The third-order valence-electron chi connectivity index (χ3n) is 6.80. The quantitative estimate of drug-likeness (QED) is 0.244. The first-order chi connectivity index (χ1) is 19.3. The normalized spacial score (nSPS) is 12.5. The van der Waals surface area contributed by atoms with E-state index in [0.29, 0.717) is 5.84 Å². The Morgan fingerprint density at radius 2 is 1.28 bits per heavy atom. The second-order valence-corrected chi connectivity index (χ2v) is 9.21. The highest BCUT2D eigenvalue weighted by molar-refractivity contribution is 6.06. The zero-order chi connectivity index (χ0) is 26.2. The summed E-state index contributed by atoms with van der Waals surface area (Å²) in [6.07, 6.45) is 0. The molecule has 0 amide bonds. The van der Waals surface area contributed by atoms with Gasteiger partial charge >= 0.3 is 0 Å². The number of para-hydroxylation sites is 1. The molecule has 0 bridgehead atoms. The van der Waals surface area contributed by atoms with Crippen LogP contribution in [0.25, 0.3) is 28.1 Å². The molecule has 0 saturated heterocycles. The van der Waals surface area contributed by atoms with Gasteiger partial charge in [-0.25, -0.2) is 15.0 Å². The van der Waals surface area contributed by atoms with Gasteiger partial charge in [-0.3, -0.25) is 4.57 Å². The first-order valence-electron chi connectivity index (χ1n) is 12.8. The van der Waals surface area contributed by atoms with E-state index in [1.54, 1.807) is 7.11 Å². The fraction of sp³-hybridized carbons (Fsp3) is 0.0303. The molecule has 1 aliphatic rings. The van der Waals surface area contributed by atoms with E-state index in [0.717, 1.165) is 56.5 Å². The lowest BCUT2D eigenvalue weighted by Gasteiger charge is -2.29. The molecule has 6 heteroatoms. The Hall–Kier alpha value is -5.36. The highest BCUT2D eigenvalue weighted by atomic mass is 16.5. The standard InChI is InChI=1S/C33H24N5O/c1-39-27-19-17-25(18-20-27)37-30-22-31-29(21-28(30)35-33(37)24-13-7-3-8-14-24)34-32(23-11-5-2-6-12-23)36-38(31)26-15-9-4-10-16-26/h2-22H,1H3. The van der Waals surface area contributed by atoms with Gasteiger partial charge in [-0.05, 0) is 48.5 Å². The molecule has 0 saturated carbocycles. The summed E-state index contributed by atoms with van der Waals surface area (Å²) < 4.78 is 7.60. The SMILES string of the molecule is COc1ccc(-n2c(-c3ccccc3)nc3cc4c(cc32)N(c2ccccc2)[N]C(c2ccccc2)=N4)cc1. The van der Waals surface area contributed by atoms with Crippen LogP contribution in [-0.2, 0) is 0 Å². The summed E-state index contributed by atoms with van der Waals surface area (Å²) in [6.45, 7) is 0. The maximum Gasteiger partial charge on any atom is 0.180 e. The number of nitrogens with zero attached hydrogens (tertiary/aromatic N) is 5. The van der Waals surface area contributed by atoms with Gasteiger partial charge in [0.1, 0.15) is 11.6 Å². The maximum atomic E-state index is 5.41. The van der Waals surface area contributed by atoms with Gasteiger partial charge in [0, 0.05) is 16.8 Å². The number of ether oxygens (including phenoxy) is 1. The second-order valence-electron chi connectivity index (χ2n) is 9.21. The third-order valence-corrected chi connectivity index (χ3v) is 6.80. The number of hydrogen-bond donors (Lipinski definition) is 0. The fourth-order valence-electron chi connectivity index (χ4n) is 4.89. The van der Waals surface area contributed by atoms with E-state index in [-0.39, 0.29) is 0 Å². The predicted molar refractivity (Wildman–Crippen MR) is 156 cm³/mol. The molecule has 0 spiro atoms. The molecule has 0 atom stereocenters. The van der Waals surface area contributed by atoms with E-state index < -0.39 is 0 Å². The summed E-state index contributed by atoms with van der Waals surface area (Å²) in [7, 11) is 1.68. The summed E-state index contributed by atoms with van der Waals surface area (Å²) in [6, 6.07) is 42.7. The molecule has 5 aromatic carbocycles. The molecule has 0 unspecified atom stereocenters. The molecular formula is C33H24N5O. The van der Waals surface area contributed by atoms with Crippen LogP contribution in [0, 0.1) is 0 Å². The van der Waals surface area contributed by atoms with E-state index in [2.05, 4.69) is 53.1 Å². The third kappa shape index (κ3) is 4.08. The average molecular weight is 507 g/mol. The van der Waals surface area contributed by atoms with E-state index in [4.69, 9.17) is 20.1 Å². The van der Waals surface area contributed by atoms with Crippen LogP contribution in [0.3, 0.4) is 0 Å². The molecule has 1 aromatic heterocycles. The van der Waals surface area contributed by atoms with Crippen molar-refractivity contribution >= 4 is 33.9 Å². The van der Waals surface area contributed by atoms with Gasteiger partial charge in [0.2, 0.25) is 0 Å². The van der Waals surface area contributed by atoms with Gasteiger partial charge in [-0.1, -0.05) is 78.9 Å². The van der Waals surface area contributed by atoms with E-state index in [1.807, 2.05) is 83.9 Å². The lowest BCUT2D eigenvalue weighted by atomic mass is 10.1. The lowest BCUT2D eigenvalue weighted by Crippen LogP contribution is -2.35. The van der Waals surface area contributed by atoms with Crippen molar-refractivity contribution in [2.45, 2.75) is 0 Å². The first kappa shape index (κ1) is 22.8. The Kier molecular flexibility index (Phi) is 5.56. The monoisotopic (exact) mass is 506 g/mol. The maximum absolute atomic E-state index is 5.41. The molecule has 6 nitrogen and oxygen atoms in total. The smallest absolute Gasteiger partial charge is 0.180 e. The molecule has 7 rings (SSSR count). The Labute approximate surface area is 226 Å². The number of benzene rings is 5. The number of hydrogen-bond acceptors (Lipinski definition) is 4. The summed E-state index contributed by atoms with van der Waals surface area (Å²) in [4.78, 5) is 10.1. The van der Waals surface area contributed by atoms with Crippen LogP contribution in [0.1, 0.15) is 5.56 Å². The minimum absolute atomic E-state index is 0.657. The molecule has 0 N–H and O–H groups in total. The van der Waals surface area contributed by atoms with Crippen LogP contribution in [-0.4, -0.2) is 22.5 Å². The summed E-state index contributed by atoms with van der Waals surface area (Å²) in [5, 5.41) is 1.97. The number of aromatic nitrogens is 2. The summed E-state index contributed by atoms with van der Waals surface area (Å²) in [5.74, 6) is 2.32. The van der Waals surface area contributed by atoms with Crippen LogP contribution in [0.5, 0.6) is 5.75 Å². The Morgan fingerprint density at radius 3 is 1.95 bits per heavy atom. The zero-order valence-corrected chi connectivity index (χ0v) is 21.3. The van der Waals surface area contributed by atoms with Crippen molar-refractivity contribution in [1.82, 2.24) is 15.0 Å². The van der Waals surface area contributed by atoms with Crippen molar-refractivity contribution in [2.24, 2.45) is 4.99 Å². The largest absolute Gasteiger partial charge is 0.497 e. The van der Waals surface area contributed by atoms with Gasteiger partial charge in [-0.2, -0.15) is 0 Å². The van der Waals surface area contributed by atoms with E-state index >= 15 is 0 Å². The van der Waals surface area contributed by atoms with Crippen molar-refractivity contribution in [3.63, 3.8) is 0 Å². The van der Waals surface area contributed by atoms with Crippen molar-refractivity contribution in [2.75, 3.05) is 12.1 Å². The molecule has 187 valence electrons. The number of rotatable bonds is 5. The fourth-order valence-corrected chi connectivity index (χ4v) is 4.89. The molecule has 0 aliphatic carbocycles. The van der Waals surface area contributed by atoms with Gasteiger partial charge in [0.15, 0.2) is 5.84 Å². The van der Waals surface area contributed by atoms with Gasteiger partial charge in [-0.15, -0.1) is 5.43 Å². The number of fused-ring (bicyclic) bond motifs is 2.